The van der Waals surface area contributed by atoms with E-state index in [0.29, 0.717) is 23.8 Å². The van der Waals surface area contributed by atoms with Crippen LogP contribution in [0.5, 0.6) is 5.75 Å². The van der Waals surface area contributed by atoms with Crippen LogP contribution in [0, 0.1) is 0 Å². The highest BCUT2D eigenvalue weighted by Crippen LogP contribution is 2.51. The molecule has 1 amide bonds. The number of carbonyl (C=O) groups excluding carboxylic acids is 1. The van der Waals surface area contributed by atoms with E-state index < -0.39 is 5.54 Å². The van der Waals surface area contributed by atoms with Crippen LogP contribution in [-0.4, -0.2) is 51.0 Å². The molecule has 172 valence electrons. The number of H-pyrrole nitrogens is 1. The Morgan fingerprint density at radius 1 is 1.30 bits per heavy atom. The fraction of sp³-hybridized carbons (Fsp3) is 0.346. The Hall–Kier alpha value is -2.96. The molecule has 0 bridgehead atoms. The van der Waals surface area contributed by atoms with Gasteiger partial charge in [-0.3, -0.25) is 9.69 Å². The lowest BCUT2D eigenvalue weighted by molar-refractivity contribution is -0.133. The van der Waals surface area contributed by atoms with Crippen molar-refractivity contribution in [2.75, 3.05) is 19.6 Å². The predicted molar refractivity (Wildman–Crippen MR) is 131 cm³/mol. The molecule has 2 aromatic carbocycles. The Bertz CT molecular complexity index is 1250. The largest absolute Gasteiger partial charge is 0.508 e. The fourth-order valence-corrected chi connectivity index (χ4v) is 5.61. The molecule has 5 rings (SSSR count). The van der Waals surface area contributed by atoms with E-state index in [1.807, 2.05) is 42.2 Å². The van der Waals surface area contributed by atoms with Crippen molar-refractivity contribution in [3.63, 3.8) is 0 Å². The molecule has 0 radical (unpaired) electrons. The number of nitrogens with one attached hydrogen (secondary N) is 2. The van der Waals surface area contributed by atoms with Crippen molar-refractivity contribution in [1.29, 1.82) is 0 Å². The van der Waals surface area contributed by atoms with Gasteiger partial charge in [-0.05, 0) is 67.9 Å². The van der Waals surface area contributed by atoms with E-state index in [0.717, 1.165) is 47.2 Å². The molecule has 1 fully saturated rings. The highest BCUT2D eigenvalue weighted by Gasteiger charge is 2.57. The molecule has 0 unspecified atom stereocenters. The van der Waals surface area contributed by atoms with Gasteiger partial charge in [0.2, 0.25) is 0 Å². The highest BCUT2D eigenvalue weighted by atomic mass is 35.5. The average Bonchev–Trinajstić information content (AvgIpc) is 3.22. The van der Waals surface area contributed by atoms with Crippen molar-refractivity contribution < 1.29 is 9.90 Å². The molecule has 2 atom stereocenters. The monoisotopic (exact) mass is 464 g/mol. The molecule has 1 aromatic heterocycles. The number of fused-ring (bicyclic) bond motifs is 4. The zero-order valence-electron chi connectivity index (χ0n) is 19.0. The lowest BCUT2D eigenvalue weighted by atomic mass is 9.81. The number of halogens is 1. The van der Waals surface area contributed by atoms with Crippen LogP contribution in [0.1, 0.15) is 43.1 Å². The maximum Gasteiger partial charge on any atom is 0.254 e. The number of aromatic nitrogens is 1. The van der Waals surface area contributed by atoms with E-state index in [4.69, 9.17) is 11.6 Å². The number of phenols is 1. The van der Waals surface area contributed by atoms with E-state index >= 15 is 0 Å². The van der Waals surface area contributed by atoms with E-state index in [-0.39, 0.29) is 17.7 Å². The predicted octanol–water partition coefficient (Wildman–Crippen LogP) is 4.55. The summed E-state index contributed by atoms with van der Waals surface area (Å²) < 4.78 is 0. The summed E-state index contributed by atoms with van der Waals surface area (Å²) in [5.41, 5.74) is 3.22. The topological polar surface area (TPSA) is 71.6 Å². The Morgan fingerprint density at radius 2 is 2.12 bits per heavy atom. The van der Waals surface area contributed by atoms with Crippen LogP contribution in [0.4, 0.5) is 0 Å². The molecular weight excluding hydrogens is 436 g/mol. The van der Waals surface area contributed by atoms with Gasteiger partial charge in [-0.2, -0.15) is 0 Å². The number of carbonyl (C=O) groups is 1. The van der Waals surface area contributed by atoms with E-state index in [2.05, 4.69) is 28.7 Å². The third-order valence-corrected chi connectivity index (χ3v) is 7.19. The molecule has 2 aliphatic rings. The first-order valence-electron chi connectivity index (χ1n) is 11.4. The third kappa shape index (κ3) is 3.40. The molecule has 0 saturated carbocycles. The van der Waals surface area contributed by atoms with Crippen molar-refractivity contribution in [2.45, 2.75) is 38.3 Å². The van der Waals surface area contributed by atoms with E-state index in [1.54, 1.807) is 12.1 Å². The van der Waals surface area contributed by atoms with Gasteiger partial charge in [-0.1, -0.05) is 37.2 Å². The number of aromatic hydroxyl groups is 1. The van der Waals surface area contributed by atoms with Crippen LogP contribution in [0.3, 0.4) is 0 Å². The molecule has 7 heteroatoms. The second kappa shape index (κ2) is 8.12. The van der Waals surface area contributed by atoms with Crippen LogP contribution < -0.4 is 5.32 Å². The van der Waals surface area contributed by atoms with Crippen molar-refractivity contribution in [2.24, 2.45) is 0 Å². The second-order valence-electron chi connectivity index (χ2n) is 9.11. The molecule has 33 heavy (non-hydrogen) atoms. The SMILES string of the molecule is C=C1N(CCCNCC)C(=O)[C@]2(C)Cc3c([nH]c4ccc(Cl)cc34)[C@@H](c3cccc(O)c3)N12. The number of nitrogens with zero attached hydrogens (tertiary/aromatic N) is 2. The van der Waals surface area contributed by atoms with Crippen LogP contribution in [0.15, 0.2) is 54.9 Å². The molecule has 0 aliphatic carbocycles. The molecule has 3 aromatic rings. The lowest BCUT2D eigenvalue weighted by Gasteiger charge is -2.44. The minimum absolute atomic E-state index is 0.0659. The Kier molecular flexibility index (Phi) is 5.38. The summed E-state index contributed by atoms with van der Waals surface area (Å²) in [5, 5.41) is 15.3. The Labute approximate surface area is 198 Å². The first-order chi connectivity index (χ1) is 15.8. The van der Waals surface area contributed by atoms with Gasteiger partial charge >= 0.3 is 0 Å². The first kappa shape index (κ1) is 21.9. The fourth-order valence-electron chi connectivity index (χ4n) is 5.44. The quantitative estimate of drug-likeness (QED) is 0.468. The maximum atomic E-state index is 13.8. The van der Waals surface area contributed by atoms with Crippen molar-refractivity contribution in [3.8, 4) is 5.75 Å². The number of hydrogen-bond donors (Lipinski definition) is 3. The van der Waals surface area contributed by atoms with Gasteiger partial charge in [0.1, 0.15) is 17.1 Å². The Balaban J connectivity index is 1.65. The van der Waals surface area contributed by atoms with Gasteiger partial charge in [0, 0.05) is 34.6 Å². The molecule has 2 aliphatic heterocycles. The summed E-state index contributed by atoms with van der Waals surface area (Å²) in [5.74, 6) is 0.963. The highest BCUT2D eigenvalue weighted by molar-refractivity contribution is 6.31. The van der Waals surface area contributed by atoms with Crippen molar-refractivity contribution in [1.82, 2.24) is 20.1 Å². The smallest absolute Gasteiger partial charge is 0.254 e. The summed E-state index contributed by atoms with van der Waals surface area (Å²) in [7, 11) is 0. The number of phenolic OH excluding ortho intramolecular Hbond substituents is 1. The summed E-state index contributed by atoms with van der Waals surface area (Å²) >= 11 is 6.34. The van der Waals surface area contributed by atoms with Gasteiger partial charge in [0.15, 0.2) is 0 Å². The van der Waals surface area contributed by atoms with Gasteiger partial charge in [0.05, 0.1) is 6.04 Å². The third-order valence-electron chi connectivity index (χ3n) is 6.95. The number of aromatic amines is 1. The number of benzene rings is 2. The van der Waals surface area contributed by atoms with Gasteiger partial charge in [-0.25, -0.2) is 0 Å². The Morgan fingerprint density at radius 3 is 2.88 bits per heavy atom. The van der Waals surface area contributed by atoms with Crippen molar-refractivity contribution >= 4 is 28.4 Å². The van der Waals surface area contributed by atoms with E-state index in [1.165, 1.54) is 0 Å². The number of rotatable bonds is 6. The number of amides is 1. The normalized spacial score (nSPS) is 22.2. The second-order valence-corrected chi connectivity index (χ2v) is 9.54. The van der Waals surface area contributed by atoms with Crippen LogP contribution >= 0.6 is 11.6 Å². The zero-order chi connectivity index (χ0) is 23.3. The van der Waals surface area contributed by atoms with E-state index in [9.17, 15) is 9.90 Å². The standard InChI is InChI=1S/C26H29ClN4O2/c1-4-28-11-6-12-30-16(2)31-24(17-7-5-8-19(32)13-17)23-21(15-26(31,3)25(30)33)20-14-18(27)9-10-22(20)29-23/h5,7-10,13-14,24,28-29,32H,2,4,6,11-12,15H2,1,3H3/t24-,26+/m1/s1. The minimum atomic E-state index is -0.782. The molecule has 3 heterocycles. The molecule has 0 spiro atoms. The van der Waals surface area contributed by atoms with Gasteiger partial charge in [-0.15, -0.1) is 0 Å². The number of hydrogen-bond acceptors (Lipinski definition) is 4. The molecule has 3 N–H and O–H groups in total. The summed E-state index contributed by atoms with van der Waals surface area (Å²) in [6.45, 7) is 10.8. The molecule has 6 nitrogen and oxygen atoms in total. The van der Waals surface area contributed by atoms with Crippen molar-refractivity contribution in [3.05, 3.63) is 76.7 Å². The first-order valence-corrected chi connectivity index (χ1v) is 11.8. The summed E-state index contributed by atoms with van der Waals surface area (Å²) in [6.07, 6.45) is 1.41. The summed E-state index contributed by atoms with van der Waals surface area (Å²) in [6, 6.07) is 12.8. The van der Waals surface area contributed by atoms with Crippen LogP contribution in [0.25, 0.3) is 10.9 Å². The van der Waals surface area contributed by atoms with Crippen LogP contribution in [-0.2, 0) is 11.2 Å². The van der Waals surface area contributed by atoms with Crippen LogP contribution in [0.2, 0.25) is 5.02 Å². The van der Waals surface area contributed by atoms with Gasteiger partial charge in [0.25, 0.3) is 5.91 Å². The van der Waals surface area contributed by atoms with Gasteiger partial charge < -0.3 is 20.3 Å². The average molecular weight is 465 g/mol. The molecular formula is C26H29ClN4O2. The lowest BCUT2D eigenvalue weighted by Crippen LogP contribution is -2.52. The minimum Gasteiger partial charge on any atom is -0.508 e. The summed E-state index contributed by atoms with van der Waals surface area (Å²) in [4.78, 5) is 21.4. The zero-order valence-corrected chi connectivity index (χ0v) is 19.7. The molecule has 1 saturated heterocycles. The maximum absolute atomic E-state index is 13.8.